The zero-order valence-corrected chi connectivity index (χ0v) is 7.43. The minimum Gasteiger partial charge on any atom is -0.480 e. The molecule has 2 fully saturated rings. The molecule has 0 saturated carbocycles. The number of carbonyl (C=O) groups is 2. The van der Waals surface area contributed by atoms with E-state index in [0.717, 1.165) is 0 Å². The SMILES string of the molecule is CC1(C(=O)O)CN2C(=O)C[C@H]2S1. The molecule has 0 aromatic rings. The van der Waals surface area contributed by atoms with Crippen LogP contribution < -0.4 is 0 Å². The number of amides is 1. The molecule has 2 saturated heterocycles. The van der Waals surface area contributed by atoms with E-state index in [-0.39, 0.29) is 11.3 Å². The van der Waals surface area contributed by atoms with Crippen molar-refractivity contribution in [3.05, 3.63) is 0 Å². The molecule has 0 aliphatic carbocycles. The Morgan fingerprint density at radius 3 is 2.92 bits per heavy atom. The van der Waals surface area contributed by atoms with Crippen LogP contribution in [0.2, 0.25) is 0 Å². The molecule has 2 heterocycles. The van der Waals surface area contributed by atoms with Crippen LogP contribution in [0.15, 0.2) is 0 Å². The maximum atomic E-state index is 10.9. The number of carboxylic acids is 1. The van der Waals surface area contributed by atoms with Crippen molar-refractivity contribution in [2.45, 2.75) is 23.5 Å². The number of aliphatic carboxylic acids is 1. The lowest BCUT2D eigenvalue weighted by atomic mass is 10.1. The van der Waals surface area contributed by atoms with Crippen LogP contribution >= 0.6 is 11.8 Å². The quantitative estimate of drug-likeness (QED) is 0.593. The van der Waals surface area contributed by atoms with Gasteiger partial charge in [0.1, 0.15) is 4.75 Å². The van der Waals surface area contributed by atoms with Crippen LogP contribution in [0.4, 0.5) is 0 Å². The Kier molecular flexibility index (Phi) is 1.42. The smallest absolute Gasteiger partial charge is 0.321 e. The van der Waals surface area contributed by atoms with E-state index in [9.17, 15) is 9.59 Å². The molecule has 2 aliphatic rings. The maximum Gasteiger partial charge on any atom is 0.321 e. The van der Waals surface area contributed by atoms with Gasteiger partial charge in [0, 0.05) is 6.54 Å². The van der Waals surface area contributed by atoms with Gasteiger partial charge in [-0.3, -0.25) is 9.59 Å². The zero-order valence-electron chi connectivity index (χ0n) is 6.61. The number of carboxylic acid groups (broad SMARTS) is 1. The molecule has 1 N–H and O–H groups in total. The van der Waals surface area contributed by atoms with E-state index < -0.39 is 10.7 Å². The summed E-state index contributed by atoms with van der Waals surface area (Å²) in [5.74, 6) is -0.743. The number of β-lactam (4-membered cyclic amide) rings is 1. The summed E-state index contributed by atoms with van der Waals surface area (Å²) in [4.78, 5) is 23.4. The summed E-state index contributed by atoms with van der Waals surface area (Å²) in [5, 5.41) is 8.99. The lowest BCUT2D eigenvalue weighted by Gasteiger charge is -2.32. The van der Waals surface area contributed by atoms with Crippen LogP contribution in [-0.2, 0) is 9.59 Å². The Morgan fingerprint density at radius 2 is 2.50 bits per heavy atom. The minimum atomic E-state index is -0.824. The lowest BCUT2D eigenvalue weighted by molar-refractivity contribution is -0.143. The van der Waals surface area contributed by atoms with Gasteiger partial charge in [-0.25, -0.2) is 0 Å². The van der Waals surface area contributed by atoms with Crippen molar-refractivity contribution in [2.75, 3.05) is 6.54 Å². The second-order valence-corrected chi connectivity index (χ2v) is 5.02. The largest absolute Gasteiger partial charge is 0.480 e. The third-order valence-electron chi connectivity index (χ3n) is 2.34. The summed E-state index contributed by atoms with van der Waals surface area (Å²) in [7, 11) is 0. The van der Waals surface area contributed by atoms with Gasteiger partial charge in [-0.2, -0.15) is 0 Å². The molecule has 0 bridgehead atoms. The highest BCUT2D eigenvalue weighted by molar-refractivity contribution is 8.02. The van der Waals surface area contributed by atoms with Crippen molar-refractivity contribution in [1.82, 2.24) is 4.90 Å². The highest BCUT2D eigenvalue weighted by Gasteiger charge is 2.54. The van der Waals surface area contributed by atoms with Crippen LogP contribution in [-0.4, -0.2) is 38.5 Å². The van der Waals surface area contributed by atoms with Gasteiger partial charge < -0.3 is 10.0 Å². The van der Waals surface area contributed by atoms with E-state index in [0.29, 0.717) is 13.0 Å². The molecule has 5 heteroatoms. The van der Waals surface area contributed by atoms with Crippen LogP contribution in [0.25, 0.3) is 0 Å². The highest BCUT2D eigenvalue weighted by Crippen LogP contribution is 2.46. The fourth-order valence-electron chi connectivity index (χ4n) is 1.50. The first-order chi connectivity index (χ1) is 5.53. The van der Waals surface area contributed by atoms with E-state index in [1.165, 1.54) is 11.8 Å². The molecule has 0 aromatic carbocycles. The molecule has 2 aliphatic heterocycles. The fraction of sp³-hybridized carbons (Fsp3) is 0.714. The first kappa shape index (κ1) is 7.91. The maximum absolute atomic E-state index is 10.9. The molecule has 12 heavy (non-hydrogen) atoms. The average molecular weight is 187 g/mol. The summed E-state index contributed by atoms with van der Waals surface area (Å²) in [5.41, 5.74) is 0. The van der Waals surface area contributed by atoms with E-state index in [1.807, 2.05) is 0 Å². The van der Waals surface area contributed by atoms with Gasteiger partial charge in [0.05, 0.1) is 11.8 Å². The molecule has 1 amide bonds. The Balaban J connectivity index is 2.16. The van der Waals surface area contributed by atoms with Crippen LogP contribution in [0, 0.1) is 0 Å². The number of rotatable bonds is 1. The second-order valence-electron chi connectivity index (χ2n) is 3.33. The van der Waals surface area contributed by atoms with Crippen molar-refractivity contribution >= 4 is 23.6 Å². The van der Waals surface area contributed by atoms with Gasteiger partial charge in [0.2, 0.25) is 5.91 Å². The van der Waals surface area contributed by atoms with E-state index in [1.54, 1.807) is 11.8 Å². The number of hydrogen-bond donors (Lipinski definition) is 1. The van der Waals surface area contributed by atoms with Crippen molar-refractivity contribution in [1.29, 1.82) is 0 Å². The van der Waals surface area contributed by atoms with Crippen LogP contribution in [0.1, 0.15) is 13.3 Å². The van der Waals surface area contributed by atoms with Gasteiger partial charge in [-0.1, -0.05) is 0 Å². The molecular formula is C7H9NO3S. The second kappa shape index (κ2) is 2.16. The predicted molar refractivity (Wildman–Crippen MR) is 43.7 cm³/mol. The number of hydrogen-bond acceptors (Lipinski definition) is 3. The van der Waals surface area contributed by atoms with Gasteiger partial charge in [-0.05, 0) is 6.92 Å². The first-order valence-electron chi connectivity index (χ1n) is 3.74. The monoisotopic (exact) mass is 187 g/mol. The summed E-state index contributed by atoms with van der Waals surface area (Å²) >= 11 is 1.38. The van der Waals surface area contributed by atoms with E-state index in [2.05, 4.69) is 0 Å². The van der Waals surface area contributed by atoms with Crippen molar-refractivity contribution in [3.8, 4) is 0 Å². The lowest BCUT2D eigenvalue weighted by Crippen LogP contribution is -2.48. The zero-order chi connectivity index (χ0) is 8.93. The Morgan fingerprint density at radius 1 is 1.83 bits per heavy atom. The third kappa shape index (κ3) is 0.857. The summed E-state index contributed by atoms with van der Waals surface area (Å²) in [6, 6.07) is 0. The Hall–Kier alpha value is -0.710. The molecule has 0 radical (unpaired) electrons. The van der Waals surface area contributed by atoms with Crippen molar-refractivity contribution in [2.24, 2.45) is 0 Å². The average Bonchev–Trinajstić information content (AvgIpc) is 2.25. The number of thioether (sulfide) groups is 1. The molecule has 0 aromatic heterocycles. The minimum absolute atomic E-state index is 0.0810. The summed E-state index contributed by atoms with van der Waals surface area (Å²) in [6.07, 6.45) is 0.507. The van der Waals surface area contributed by atoms with Gasteiger partial charge in [0.15, 0.2) is 0 Å². The fourth-order valence-corrected chi connectivity index (χ4v) is 2.96. The molecule has 1 unspecified atom stereocenters. The molecule has 66 valence electrons. The van der Waals surface area contributed by atoms with Gasteiger partial charge in [-0.15, -0.1) is 11.8 Å². The van der Waals surface area contributed by atoms with E-state index in [4.69, 9.17) is 5.11 Å². The molecule has 2 atom stereocenters. The molecule has 2 rings (SSSR count). The predicted octanol–water partition coefficient (Wildman–Crippen LogP) is 0.135. The first-order valence-corrected chi connectivity index (χ1v) is 4.61. The molecular weight excluding hydrogens is 178 g/mol. The number of carbonyl (C=O) groups excluding carboxylic acids is 1. The van der Waals surface area contributed by atoms with E-state index >= 15 is 0 Å². The Labute approximate surface area is 73.9 Å². The normalized spacial score (nSPS) is 39.2. The molecule has 4 nitrogen and oxygen atoms in total. The van der Waals surface area contributed by atoms with Crippen molar-refractivity contribution < 1.29 is 14.7 Å². The Bertz CT molecular complexity index is 267. The van der Waals surface area contributed by atoms with Crippen LogP contribution in [0.5, 0.6) is 0 Å². The van der Waals surface area contributed by atoms with Crippen molar-refractivity contribution in [3.63, 3.8) is 0 Å². The summed E-state index contributed by atoms with van der Waals surface area (Å²) < 4.78 is -0.781. The summed E-state index contributed by atoms with van der Waals surface area (Å²) in [6.45, 7) is 2.03. The van der Waals surface area contributed by atoms with Crippen LogP contribution in [0.3, 0.4) is 0 Å². The number of fused-ring (bicyclic) bond motifs is 1. The third-order valence-corrected chi connectivity index (χ3v) is 3.85. The van der Waals surface area contributed by atoms with Gasteiger partial charge >= 0.3 is 5.97 Å². The number of nitrogens with zero attached hydrogens (tertiary/aromatic N) is 1. The topological polar surface area (TPSA) is 57.6 Å². The molecule has 0 spiro atoms. The standard InChI is InChI=1S/C7H9NO3S/c1-7(6(10)11)3-8-4(9)2-5(8)12-7/h5H,2-3H2,1H3,(H,10,11)/t5-,7?/m1/s1. The van der Waals surface area contributed by atoms with Gasteiger partial charge in [0.25, 0.3) is 0 Å². The highest BCUT2D eigenvalue weighted by atomic mass is 32.2.